The molecule has 0 aliphatic carbocycles. The first-order chi connectivity index (χ1) is 13.1. The summed E-state index contributed by atoms with van der Waals surface area (Å²) >= 11 is 0. The number of piperidine rings is 1. The number of likely N-dealkylation sites (tertiary alicyclic amines) is 1. The van der Waals surface area contributed by atoms with Crippen molar-refractivity contribution >= 4 is 11.7 Å². The molecule has 0 spiro atoms. The number of imidazole rings is 1. The monoisotopic (exact) mass is 369 g/mol. The number of aryl methyl sites for hydroxylation is 1. The first-order valence-corrected chi connectivity index (χ1v) is 9.88. The van der Waals surface area contributed by atoms with Crippen LogP contribution in [0.4, 0.5) is 10.5 Å². The first kappa shape index (κ1) is 19.4. The second-order valence-electron chi connectivity index (χ2n) is 7.48. The third-order valence-corrected chi connectivity index (χ3v) is 5.32. The highest BCUT2D eigenvalue weighted by atomic mass is 16.2. The fourth-order valence-electron chi connectivity index (χ4n) is 3.66. The predicted molar refractivity (Wildman–Crippen MR) is 109 cm³/mol. The van der Waals surface area contributed by atoms with Crippen LogP contribution in [0.1, 0.15) is 37.1 Å². The Kier molecular flexibility index (Phi) is 6.50. The van der Waals surface area contributed by atoms with E-state index in [4.69, 9.17) is 0 Å². The van der Waals surface area contributed by atoms with Gasteiger partial charge in [-0.25, -0.2) is 9.78 Å². The summed E-state index contributed by atoms with van der Waals surface area (Å²) in [6.45, 7) is 5.60. The normalized spacial score (nSPS) is 15.3. The lowest BCUT2D eigenvalue weighted by Gasteiger charge is -2.32. The molecule has 6 nitrogen and oxygen atoms in total. The van der Waals surface area contributed by atoms with Gasteiger partial charge in [0.05, 0.1) is 0 Å². The third kappa shape index (κ3) is 4.89. The molecule has 0 bridgehead atoms. The van der Waals surface area contributed by atoms with E-state index in [1.54, 1.807) is 0 Å². The molecule has 1 saturated heterocycles. The van der Waals surface area contributed by atoms with Crippen LogP contribution in [0.3, 0.4) is 0 Å². The maximum Gasteiger partial charge on any atom is 0.321 e. The Morgan fingerprint density at radius 2 is 2.00 bits per heavy atom. The fourth-order valence-corrected chi connectivity index (χ4v) is 3.66. The number of rotatable bonds is 6. The molecular formula is C21H31N5O. The largest absolute Gasteiger partial charge is 0.333 e. The first-order valence-electron chi connectivity index (χ1n) is 9.88. The van der Waals surface area contributed by atoms with Gasteiger partial charge in [-0.1, -0.05) is 25.1 Å². The molecule has 1 aliphatic rings. The van der Waals surface area contributed by atoms with E-state index in [1.807, 2.05) is 29.3 Å². The molecular weight excluding hydrogens is 338 g/mol. The van der Waals surface area contributed by atoms with Crippen molar-refractivity contribution in [2.24, 2.45) is 0 Å². The molecule has 0 saturated carbocycles. The van der Waals surface area contributed by atoms with Crippen LogP contribution in [0.5, 0.6) is 0 Å². The Labute approximate surface area is 162 Å². The summed E-state index contributed by atoms with van der Waals surface area (Å²) < 4.78 is 2.26. The number of nitrogens with one attached hydrogen (secondary N) is 1. The summed E-state index contributed by atoms with van der Waals surface area (Å²) in [4.78, 5) is 21.4. The molecule has 0 atom stereocenters. The average molecular weight is 370 g/mol. The Morgan fingerprint density at radius 3 is 2.70 bits per heavy atom. The van der Waals surface area contributed by atoms with Crippen LogP contribution < -0.4 is 5.32 Å². The van der Waals surface area contributed by atoms with E-state index >= 15 is 0 Å². The lowest BCUT2D eigenvalue weighted by molar-refractivity contribution is 0.192. The number of hydrogen-bond acceptors (Lipinski definition) is 3. The molecule has 27 heavy (non-hydrogen) atoms. The predicted octanol–water partition coefficient (Wildman–Crippen LogP) is 3.42. The molecule has 146 valence electrons. The lowest BCUT2D eigenvalue weighted by atomic mass is 9.96. The van der Waals surface area contributed by atoms with Gasteiger partial charge in [-0.2, -0.15) is 0 Å². The Morgan fingerprint density at radius 1 is 1.26 bits per heavy atom. The molecule has 6 heteroatoms. The number of benzene rings is 1. The van der Waals surface area contributed by atoms with Gasteiger partial charge >= 0.3 is 6.03 Å². The Bertz CT molecular complexity index is 747. The number of carbonyl (C=O) groups is 1. The van der Waals surface area contributed by atoms with E-state index in [9.17, 15) is 4.79 Å². The van der Waals surface area contributed by atoms with Crippen LogP contribution in [0.25, 0.3) is 0 Å². The summed E-state index contributed by atoms with van der Waals surface area (Å²) in [5.41, 5.74) is 2.09. The highest BCUT2D eigenvalue weighted by Gasteiger charge is 2.26. The van der Waals surface area contributed by atoms with Crippen molar-refractivity contribution in [1.82, 2.24) is 19.4 Å². The topological polar surface area (TPSA) is 53.4 Å². The maximum absolute atomic E-state index is 12.7. The van der Waals surface area contributed by atoms with Crippen molar-refractivity contribution in [2.45, 2.75) is 38.6 Å². The lowest BCUT2D eigenvalue weighted by Crippen LogP contribution is -2.41. The van der Waals surface area contributed by atoms with E-state index in [2.05, 4.69) is 53.1 Å². The number of amides is 2. The molecule has 1 aliphatic heterocycles. The van der Waals surface area contributed by atoms with E-state index in [0.29, 0.717) is 5.92 Å². The number of para-hydroxylation sites is 1. The molecule has 0 unspecified atom stereocenters. The van der Waals surface area contributed by atoms with Gasteiger partial charge in [0.15, 0.2) is 0 Å². The van der Waals surface area contributed by atoms with Crippen molar-refractivity contribution in [3.8, 4) is 0 Å². The minimum absolute atomic E-state index is 0.00491. The highest BCUT2D eigenvalue weighted by Crippen LogP contribution is 2.27. The molecule has 1 aromatic heterocycles. The number of aromatic nitrogens is 2. The summed E-state index contributed by atoms with van der Waals surface area (Å²) in [6, 6.07) is 8.03. The summed E-state index contributed by atoms with van der Waals surface area (Å²) in [6.07, 6.45) is 6.79. The van der Waals surface area contributed by atoms with Crippen LogP contribution in [0, 0.1) is 0 Å². The number of urea groups is 1. The summed E-state index contributed by atoms with van der Waals surface area (Å²) in [5.74, 6) is 1.59. The van der Waals surface area contributed by atoms with Gasteiger partial charge in [-0.3, -0.25) is 0 Å². The molecule has 0 radical (unpaired) electrons. The van der Waals surface area contributed by atoms with Crippen LogP contribution >= 0.6 is 0 Å². The van der Waals surface area contributed by atoms with Crippen LogP contribution in [-0.4, -0.2) is 59.1 Å². The molecule has 1 aromatic carbocycles. The Hall–Kier alpha value is -2.34. The van der Waals surface area contributed by atoms with Gasteiger partial charge < -0.3 is 19.7 Å². The van der Waals surface area contributed by atoms with Crippen molar-refractivity contribution in [1.29, 1.82) is 0 Å². The second kappa shape index (κ2) is 9.04. The molecule has 2 aromatic rings. The van der Waals surface area contributed by atoms with E-state index in [0.717, 1.165) is 57.0 Å². The van der Waals surface area contributed by atoms with Gasteiger partial charge in [0.1, 0.15) is 5.82 Å². The average Bonchev–Trinajstić information content (AvgIpc) is 3.15. The van der Waals surface area contributed by atoms with Gasteiger partial charge in [0.2, 0.25) is 0 Å². The number of carbonyl (C=O) groups excluding carboxylic acids is 1. The van der Waals surface area contributed by atoms with E-state index < -0.39 is 0 Å². The summed E-state index contributed by atoms with van der Waals surface area (Å²) in [5, 5.41) is 3.09. The van der Waals surface area contributed by atoms with Crippen LogP contribution in [0.2, 0.25) is 0 Å². The zero-order chi connectivity index (χ0) is 19.2. The molecule has 1 N–H and O–H groups in total. The van der Waals surface area contributed by atoms with E-state index in [1.165, 1.54) is 5.56 Å². The van der Waals surface area contributed by atoms with Gasteiger partial charge in [0, 0.05) is 50.2 Å². The molecule has 2 amide bonds. The van der Waals surface area contributed by atoms with Crippen molar-refractivity contribution in [3.05, 3.63) is 48.0 Å². The number of anilines is 1. The van der Waals surface area contributed by atoms with Crippen LogP contribution in [-0.2, 0) is 13.0 Å². The minimum Gasteiger partial charge on any atom is -0.333 e. The van der Waals surface area contributed by atoms with E-state index in [-0.39, 0.29) is 6.03 Å². The minimum atomic E-state index is 0.00491. The van der Waals surface area contributed by atoms with Crippen LogP contribution in [0.15, 0.2) is 36.7 Å². The Balaban J connectivity index is 1.56. The van der Waals surface area contributed by atoms with Gasteiger partial charge in [-0.15, -0.1) is 0 Å². The smallest absolute Gasteiger partial charge is 0.321 e. The third-order valence-electron chi connectivity index (χ3n) is 5.32. The fraction of sp³-hybridized carbons (Fsp3) is 0.524. The molecule has 1 fully saturated rings. The molecule has 2 heterocycles. The zero-order valence-electron chi connectivity index (χ0n) is 16.7. The van der Waals surface area contributed by atoms with Gasteiger partial charge in [-0.05, 0) is 45.0 Å². The van der Waals surface area contributed by atoms with Crippen molar-refractivity contribution < 1.29 is 4.79 Å². The quantitative estimate of drug-likeness (QED) is 0.849. The maximum atomic E-state index is 12.7. The second-order valence-corrected chi connectivity index (χ2v) is 7.48. The van der Waals surface area contributed by atoms with Gasteiger partial charge in [0.25, 0.3) is 0 Å². The SMILES string of the molecule is CCc1ccccc1NC(=O)N1CCC(c2nccn2CCN(C)C)CC1. The summed E-state index contributed by atoms with van der Waals surface area (Å²) in [7, 11) is 4.18. The molecule has 3 rings (SSSR count). The van der Waals surface area contributed by atoms with Crippen molar-refractivity contribution in [3.63, 3.8) is 0 Å². The number of nitrogens with zero attached hydrogens (tertiary/aromatic N) is 4. The zero-order valence-corrected chi connectivity index (χ0v) is 16.7. The number of likely N-dealkylation sites (N-methyl/N-ethyl adjacent to an activating group) is 1. The van der Waals surface area contributed by atoms with Crippen molar-refractivity contribution in [2.75, 3.05) is 39.0 Å². The standard InChI is InChI=1S/C21H31N5O/c1-4-17-7-5-6-8-19(17)23-21(27)26-12-9-18(10-13-26)20-22-11-14-25(20)16-15-24(2)3/h5-8,11,14,18H,4,9-10,12-13,15-16H2,1-3H3,(H,23,27). The highest BCUT2D eigenvalue weighted by molar-refractivity contribution is 5.90. The number of hydrogen-bond donors (Lipinski definition) is 1.